The maximum Gasteiger partial charge on any atom is 0.240 e. The molecule has 1 aliphatic heterocycles. The molecule has 0 radical (unpaired) electrons. The van der Waals surface area contributed by atoms with Crippen molar-refractivity contribution in [3.63, 3.8) is 0 Å². The molecule has 2 aliphatic rings. The summed E-state index contributed by atoms with van der Waals surface area (Å²) in [5.74, 6) is -1.83. The first kappa shape index (κ1) is 15.5. The van der Waals surface area contributed by atoms with Crippen molar-refractivity contribution >= 4 is 17.2 Å². The quantitative estimate of drug-likeness (QED) is 0.884. The number of rotatable bonds is 2. The van der Waals surface area contributed by atoms with Gasteiger partial charge in [0.25, 0.3) is 0 Å². The third kappa shape index (κ3) is 2.69. The Labute approximate surface area is 131 Å². The molecule has 0 bridgehead atoms. The Hall–Kier alpha value is -2.37. The molecule has 0 saturated heterocycles. The predicted molar refractivity (Wildman–Crippen MR) is 81.5 cm³/mol. The Balaban J connectivity index is 1.99. The van der Waals surface area contributed by atoms with Crippen molar-refractivity contribution in [1.29, 1.82) is 0 Å². The Bertz CT molecular complexity index is 767. The standard InChI is InChI=1S/C17H15F3N2O/c1-10-9-17(20,15-6-7-16(23)22-21-15)14(19)8-12(10)11-4-2-3-5-13(11)18/h2-5,8H,6-7,9H2,1H3,(H,22,23). The fraction of sp³-hybridized carbons (Fsp3) is 0.294. The molecule has 6 heteroatoms. The maximum absolute atomic E-state index is 15.2. The lowest BCUT2D eigenvalue weighted by Gasteiger charge is -2.31. The monoisotopic (exact) mass is 320 g/mol. The first-order valence-corrected chi connectivity index (χ1v) is 7.29. The van der Waals surface area contributed by atoms with Gasteiger partial charge in [0.2, 0.25) is 11.6 Å². The number of hydrogen-bond donors (Lipinski definition) is 1. The number of nitrogens with one attached hydrogen (secondary N) is 1. The van der Waals surface area contributed by atoms with Gasteiger partial charge in [-0.3, -0.25) is 4.79 Å². The molecule has 3 rings (SSSR count). The van der Waals surface area contributed by atoms with E-state index < -0.39 is 17.3 Å². The summed E-state index contributed by atoms with van der Waals surface area (Å²) in [6.07, 6.45) is 0.899. The summed E-state index contributed by atoms with van der Waals surface area (Å²) < 4.78 is 43.6. The van der Waals surface area contributed by atoms with Crippen LogP contribution in [-0.2, 0) is 4.79 Å². The minimum Gasteiger partial charge on any atom is -0.273 e. The van der Waals surface area contributed by atoms with Gasteiger partial charge in [-0.2, -0.15) is 5.10 Å². The molecule has 1 heterocycles. The fourth-order valence-electron chi connectivity index (χ4n) is 2.90. The summed E-state index contributed by atoms with van der Waals surface area (Å²) in [5.41, 5.74) is 0.861. The Morgan fingerprint density at radius 3 is 2.61 bits per heavy atom. The van der Waals surface area contributed by atoms with E-state index in [1.54, 1.807) is 13.0 Å². The lowest BCUT2D eigenvalue weighted by atomic mass is 9.80. The summed E-state index contributed by atoms with van der Waals surface area (Å²) in [7, 11) is 0. The molecular formula is C17H15F3N2O. The van der Waals surface area contributed by atoms with Crippen molar-refractivity contribution in [1.82, 2.24) is 5.43 Å². The molecule has 120 valence electrons. The Morgan fingerprint density at radius 1 is 1.22 bits per heavy atom. The third-order valence-corrected chi connectivity index (χ3v) is 4.14. The lowest BCUT2D eigenvalue weighted by Crippen LogP contribution is -2.41. The van der Waals surface area contributed by atoms with Crippen LogP contribution in [0.15, 0.2) is 46.8 Å². The van der Waals surface area contributed by atoms with Crippen LogP contribution in [0.4, 0.5) is 13.2 Å². The summed E-state index contributed by atoms with van der Waals surface area (Å²) in [4.78, 5) is 11.1. The van der Waals surface area contributed by atoms with Crippen LogP contribution in [0, 0.1) is 5.82 Å². The molecule has 23 heavy (non-hydrogen) atoms. The van der Waals surface area contributed by atoms with Gasteiger partial charge < -0.3 is 0 Å². The SMILES string of the molecule is CC1=C(c2ccccc2F)C=C(F)C(F)(C2=NNC(=O)CC2)C1. The molecule has 0 spiro atoms. The van der Waals surface area contributed by atoms with Gasteiger partial charge in [0.15, 0.2) is 0 Å². The van der Waals surface area contributed by atoms with Crippen molar-refractivity contribution in [2.24, 2.45) is 5.10 Å². The van der Waals surface area contributed by atoms with E-state index in [4.69, 9.17) is 0 Å². The number of allylic oxidation sites excluding steroid dienone is 4. The number of nitrogens with zero attached hydrogens (tertiary/aromatic N) is 1. The van der Waals surface area contributed by atoms with Crippen molar-refractivity contribution in [2.45, 2.75) is 31.9 Å². The van der Waals surface area contributed by atoms with Crippen LogP contribution in [-0.4, -0.2) is 17.3 Å². The van der Waals surface area contributed by atoms with E-state index in [9.17, 15) is 13.6 Å². The third-order valence-electron chi connectivity index (χ3n) is 4.14. The van der Waals surface area contributed by atoms with Gasteiger partial charge in [-0.15, -0.1) is 0 Å². The molecule has 1 aromatic carbocycles. The van der Waals surface area contributed by atoms with E-state index in [1.807, 2.05) is 0 Å². The van der Waals surface area contributed by atoms with Gasteiger partial charge in [-0.05, 0) is 24.6 Å². The molecule has 0 saturated carbocycles. The van der Waals surface area contributed by atoms with Gasteiger partial charge >= 0.3 is 0 Å². The van der Waals surface area contributed by atoms with E-state index in [0.29, 0.717) is 11.1 Å². The number of hydrogen-bond acceptors (Lipinski definition) is 2. The first-order chi connectivity index (χ1) is 10.9. The van der Waals surface area contributed by atoms with Crippen LogP contribution in [0.2, 0.25) is 0 Å². The van der Waals surface area contributed by atoms with E-state index in [0.717, 1.165) is 6.08 Å². The zero-order valence-electron chi connectivity index (χ0n) is 12.5. The molecule has 0 aromatic heterocycles. The number of hydrazone groups is 1. The van der Waals surface area contributed by atoms with Gasteiger partial charge in [0.05, 0.1) is 5.71 Å². The second kappa shape index (κ2) is 5.68. The second-order valence-corrected chi connectivity index (χ2v) is 5.74. The number of amides is 1. The number of alkyl halides is 1. The summed E-state index contributed by atoms with van der Waals surface area (Å²) in [5, 5.41) is 3.67. The highest BCUT2D eigenvalue weighted by atomic mass is 19.2. The van der Waals surface area contributed by atoms with Gasteiger partial charge in [-0.1, -0.05) is 23.8 Å². The van der Waals surface area contributed by atoms with Gasteiger partial charge in [0, 0.05) is 24.8 Å². The highest BCUT2D eigenvalue weighted by Gasteiger charge is 2.45. The van der Waals surface area contributed by atoms with Crippen LogP contribution in [0.3, 0.4) is 0 Å². The van der Waals surface area contributed by atoms with E-state index >= 15 is 4.39 Å². The van der Waals surface area contributed by atoms with Crippen LogP contribution in [0.25, 0.3) is 5.57 Å². The minimum absolute atomic E-state index is 0.0437. The zero-order valence-corrected chi connectivity index (χ0v) is 12.5. The van der Waals surface area contributed by atoms with Crippen LogP contribution in [0.1, 0.15) is 31.7 Å². The molecule has 1 aromatic rings. The Kier molecular flexibility index (Phi) is 3.83. The number of carbonyl (C=O) groups is 1. The molecule has 0 fully saturated rings. The van der Waals surface area contributed by atoms with Crippen molar-refractivity contribution in [3.8, 4) is 0 Å². The first-order valence-electron chi connectivity index (χ1n) is 7.29. The summed E-state index contributed by atoms with van der Waals surface area (Å²) in [6.45, 7) is 1.64. The zero-order chi connectivity index (χ0) is 16.6. The number of halogens is 3. The molecule has 1 amide bonds. The largest absolute Gasteiger partial charge is 0.273 e. The smallest absolute Gasteiger partial charge is 0.240 e. The van der Waals surface area contributed by atoms with Crippen LogP contribution >= 0.6 is 0 Å². The highest BCUT2D eigenvalue weighted by Crippen LogP contribution is 2.42. The van der Waals surface area contributed by atoms with Crippen LogP contribution < -0.4 is 5.43 Å². The van der Waals surface area contributed by atoms with Gasteiger partial charge in [0.1, 0.15) is 11.6 Å². The van der Waals surface area contributed by atoms with E-state index in [1.165, 1.54) is 18.2 Å². The minimum atomic E-state index is -2.38. The van der Waals surface area contributed by atoms with Crippen molar-refractivity contribution in [2.75, 3.05) is 0 Å². The van der Waals surface area contributed by atoms with E-state index in [-0.39, 0.29) is 36.4 Å². The number of benzene rings is 1. The highest BCUT2D eigenvalue weighted by molar-refractivity contribution is 6.01. The maximum atomic E-state index is 15.2. The average molecular weight is 320 g/mol. The predicted octanol–water partition coefficient (Wildman–Crippen LogP) is 3.83. The molecule has 1 N–H and O–H groups in total. The van der Waals surface area contributed by atoms with Crippen LogP contribution in [0.5, 0.6) is 0 Å². The Morgan fingerprint density at radius 2 is 1.96 bits per heavy atom. The normalized spacial score (nSPS) is 25.0. The van der Waals surface area contributed by atoms with Crippen molar-refractivity contribution in [3.05, 3.63) is 53.1 Å². The fourth-order valence-corrected chi connectivity index (χ4v) is 2.90. The van der Waals surface area contributed by atoms with Crippen molar-refractivity contribution < 1.29 is 18.0 Å². The summed E-state index contributed by atoms with van der Waals surface area (Å²) >= 11 is 0. The molecule has 1 aliphatic carbocycles. The topological polar surface area (TPSA) is 41.5 Å². The average Bonchev–Trinajstić information content (AvgIpc) is 2.52. The second-order valence-electron chi connectivity index (χ2n) is 5.74. The lowest BCUT2D eigenvalue weighted by molar-refractivity contribution is -0.121. The molecule has 1 unspecified atom stereocenters. The van der Waals surface area contributed by atoms with E-state index in [2.05, 4.69) is 10.5 Å². The molecule has 1 atom stereocenters. The molecular weight excluding hydrogens is 305 g/mol. The summed E-state index contributed by atoms with van der Waals surface area (Å²) in [6, 6.07) is 5.99. The van der Waals surface area contributed by atoms with Gasteiger partial charge in [-0.25, -0.2) is 18.6 Å². The molecule has 3 nitrogen and oxygen atoms in total. The number of carbonyl (C=O) groups excluding carboxylic acids is 1.